The van der Waals surface area contributed by atoms with Crippen LogP contribution in [0.5, 0.6) is 0 Å². The van der Waals surface area contributed by atoms with Crippen molar-refractivity contribution in [3.05, 3.63) is 23.3 Å². The van der Waals surface area contributed by atoms with Crippen LogP contribution in [0.4, 0.5) is 0 Å². The number of allylic oxidation sites excluding steroid dienone is 1. The zero-order valence-corrected chi connectivity index (χ0v) is 21.8. The molecular formula is C27H38O8. The third-order valence-corrected chi connectivity index (χ3v) is 9.03. The fourth-order valence-electron chi connectivity index (χ4n) is 6.87. The third-order valence-electron chi connectivity index (χ3n) is 9.03. The van der Waals surface area contributed by atoms with Crippen LogP contribution in [0.15, 0.2) is 23.3 Å². The van der Waals surface area contributed by atoms with E-state index in [4.69, 9.17) is 14.2 Å². The van der Waals surface area contributed by atoms with E-state index in [0.29, 0.717) is 17.6 Å². The average molecular weight is 491 g/mol. The summed E-state index contributed by atoms with van der Waals surface area (Å²) in [4.78, 5) is 38.5. The largest absolute Gasteiger partial charge is 0.459 e. The lowest BCUT2D eigenvalue weighted by atomic mass is 9.80. The lowest BCUT2D eigenvalue weighted by Crippen LogP contribution is -2.42. The number of aliphatic hydroxyl groups excluding tert-OH is 2. The Bertz CT molecular complexity index is 1010. The summed E-state index contributed by atoms with van der Waals surface area (Å²) >= 11 is 0. The van der Waals surface area contributed by atoms with Gasteiger partial charge in [0.1, 0.15) is 18.3 Å². The Morgan fingerprint density at radius 1 is 1.14 bits per heavy atom. The number of carbonyl (C=O) groups is 3. The van der Waals surface area contributed by atoms with Crippen molar-refractivity contribution in [2.24, 2.45) is 29.1 Å². The van der Waals surface area contributed by atoms with Gasteiger partial charge in [-0.3, -0.25) is 9.59 Å². The summed E-state index contributed by atoms with van der Waals surface area (Å²) in [6, 6.07) is 0. The quantitative estimate of drug-likeness (QED) is 0.268. The first kappa shape index (κ1) is 26.0. The van der Waals surface area contributed by atoms with Gasteiger partial charge < -0.3 is 24.4 Å². The Morgan fingerprint density at radius 3 is 2.34 bits per heavy atom. The van der Waals surface area contributed by atoms with Gasteiger partial charge in [0.05, 0.1) is 6.10 Å². The molecule has 1 heterocycles. The first-order valence-electron chi connectivity index (χ1n) is 12.5. The maximum Gasteiger partial charge on any atom is 0.333 e. The molecule has 3 fully saturated rings. The van der Waals surface area contributed by atoms with Gasteiger partial charge in [-0.1, -0.05) is 33.8 Å². The van der Waals surface area contributed by atoms with Crippen molar-refractivity contribution in [1.82, 2.24) is 0 Å². The number of hydrogen-bond acceptors (Lipinski definition) is 8. The zero-order chi connectivity index (χ0) is 26.2. The molecule has 35 heavy (non-hydrogen) atoms. The van der Waals surface area contributed by atoms with Crippen molar-refractivity contribution in [3.8, 4) is 0 Å². The maximum absolute atomic E-state index is 13.8. The van der Waals surface area contributed by atoms with Gasteiger partial charge in [0.15, 0.2) is 17.0 Å². The van der Waals surface area contributed by atoms with Gasteiger partial charge in [-0.25, -0.2) is 4.79 Å². The molecular weight excluding hydrogens is 452 g/mol. The molecule has 10 atom stereocenters. The van der Waals surface area contributed by atoms with Gasteiger partial charge in [0.2, 0.25) is 0 Å². The van der Waals surface area contributed by atoms with Crippen LogP contribution >= 0.6 is 0 Å². The number of hydrogen-bond donors (Lipinski definition) is 2. The molecule has 0 radical (unpaired) electrons. The van der Waals surface area contributed by atoms with Gasteiger partial charge in [-0.15, -0.1) is 0 Å². The second-order valence-electron chi connectivity index (χ2n) is 11.6. The molecule has 0 spiro atoms. The summed E-state index contributed by atoms with van der Waals surface area (Å²) in [7, 11) is 0. The van der Waals surface area contributed by atoms with Crippen molar-refractivity contribution >= 4 is 17.7 Å². The molecule has 10 unspecified atom stereocenters. The van der Waals surface area contributed by atoms with E-state index < -0.39 is 58.9 Å². The lowest BCUT2D eigenvalue weighted by molar-refractivity contribution is -0.153. The van der Waals surface area contributed by atoms with E-state index in [1.807, 2.05) is 20.8 Å². The monoisotopic (exact) mass is 490 g/mol. The summed E-state index contributed by atoms with van der Waals surface area (Å²) in [6.45, 7) is 13.9. The van der Waals surface area contributed by atoms with E-state index in [1.165, 1.54) is 6.92 Å². The Kier molecular flexibility index (Phi) is 6.14. The molecule has 4 rings (SSSR count). The van der Waals surface area contributed by atoms with E-state index in [9.17, 15) is 24.6 Å². The lowest BCUT2D eigenvalue weighted by Gasteiger charge is -2.28. The van der Waals surface area contributed by atoms with E-state index in [1.54, 1.807) is 39.8 Å². The Balaban J connectivity index is 1.83. The van der Waals surface area contributed by atoms with Crippen LogP contribution in [-0.4, -0.2) is 63.6 Å². The topological polar surface area (TPSA) is 123 Å². The maximum atomic E-state index is 13.8. The highest BCUT2D eigenvalue weighted by molar-refractivity contribution is 5.96. The number of carbonyl (C=O) groups excluding carboxylic acids is 3. The van der Waals surface area contributed by atoms with Crippen LogP contribution in [0, 0.1) is 29.1 Å². The molecule has 0 aromatic rings. The zero-order valence-electron chi connectivity index (χ0n) is 21.8. The predicted molar refractivity (Wildman–Crippen MR) is 126 cm³/mol. The SMILES string of the molecule is CC=C(C)C(=O)OC1C(O)C(C)=CC23OC2(CC(C)C3OC(C)=O)C(=O)C(C)C(O)C2C1C2(C)C. The predicted octanol–water partition coefficient (Wildman–Crippen LogP) is 2.50. The van der Waals surface area contributed by atoms with E-state index >= 15 is 0 Å². The van der Waals surface area contributed by atoms with Crippen LogP contribution in [0.25, 0.3) is 0 Å². The Hall–Kier alpha value is -2.03. The number of ether oxygens (including phenoxy) is 3. The number of fused-ring (bicyclic) bond motifs is 1. The highest BCUT2D eigenvalue weighted by Gasteiger charge is 2.83. The van der Waals surface area contributed by atoms with Crippen LogP contribution in [0.3, 0.4) is 0 Å². The molecule has 0 bridgehead atoms. The third kappa shape index (κ3) is 3.63. The van der Waals surface area contributed by atoms with Crippen molar-refractivity contribution in [1.29, 1.82) is 0 Å². The van der Waals surface area contributed by atoms with Crippen LogP contribution in [0.1, 0.15) is 61.8 Å². The van der Waals surface area contributed by atoms with E-state index in [2.05, 4.69) is 0 Å². The highest BCUT2D eigenvalue weighted by Crippen LogP contribution is 2.68. The van der Waals surface area contributed by atoms with Gasteiger partial charge in [-0.2, -0.15) is 0 Å². The van der Waals surface area contributed by atoms with Gasteiger partial charge in [-0.05, 0) is 56.1 Å². The van der Waals surface area contributed by atoms with Crippen molar-refractivity contribution < 1.29 is 38.8 Å². The first-order chi connectivity index (χ1) is 16.2. The molecule has 1 saturated heterocycles. The molecule has 1 aliphatic heterocycles. The Morgan fingerprint density at radius 2 is 1.77 bits per heavy atom. The standard InChI is InChI=1S/C27H38O8/c1-9-12(2)24(32)34-21-18-17(25(18,7)8)20(30)15(5)22(31)26-11-14(4)23(33-16(6)28)27(26,35-26)10-13(3)19(21)29/h9-10,14-15,17-21,23,29-30H,11H2,1-8H3. The van der Waals surface area contributed by atoms with Crippen LogP contribution in [-0.2, 0) is 28.6 Å². The molecule has 8 heteroatoms. The van der Waals surface area contributed by atoms with Crippen molar-refractivity contribution in [2.75, 3.05) is 0 Å². The van der Waals surface area contributed by atoms with Gasteiger partial charge in [0.25, 0.3) is 0 Å². The summed E-state index contributed by atoms with van der Waals surface area (Å²) < 4.78 is 17.6. The fraction of sp³-hybridized carbons (Fsp3) is 0.741. The smallest absolute Gasteiger partial charge is 0.333 e. The summed E-state index contributed by atoms with van der Waals surface area (Å²) in [6.07, 6.45) is -0.187. The van der Waals surface area contributed by atoms with Crippen molar-refractivity contribution in [3.63, 3.8) is 0 Å². The number of Topliss-reactive ketones (excluding diaryl/α,β-unsaturated/α-hetero) is 1. The molecule has 194 valence electrons. The molecule has 4 aliphatic rings. The number of aliphatic hydroxyl groups is 2. The minimum absolute atomic E-state index is 0.166. The Labute approximate surface area is 206 Å². The highest BCUT2D eigenvalue weighted by atomic mass is 16.7. The number of ketones is 1. The van der Waals surface area contributed by atoms with Gasteiger partial charge >= 0.3 is 11.9 Å². The van der Waals surface area contributed by atoms with Crippen LogP contribution < -0.4 is 0 Å². The van der Waals surface area contributed by atoms with E-state index in [0.717, 1.165) is 0 Å². The summed E-state index contributed by atoms with van der Waals surface area (Å²) in [5.74, 6) is -2.89. The molecule has 0 aromatic heterocycles. The number of epoxide rings is 1. The molecule has 3 aliphatic carbocycles. The summed E-state index contributed by atoms with van der Waals surface area (Å²) in [5.41, 5.74) is -2.06. The second-order valence-corrected chi connectivity index (χ2v) is 11.6. The van der Waals surface area contributed by atoms with Crippen LogP contribution in [0.2, 0.25) is 0 Å². The fourth-order valence-corrected chi connectivity index (χ4v) is 6.87. The normalized spacial score (nSPS) is 46.3. The number of esters is 2. The number of rotatable bonds is 3. The molecule has 0 aromatic carbocycles. The second kappa shape index (κ2) is 8.25. The summed E-state index contributed by atoms with van der Waals surface area (Å²) in [5, 5.41) is 22.9. The minimum Gasteiger partial charge on any atom is -0.459 e. The van der Waals surface area contributed by atoms with Gasteiger partial charge in [0, 0.05) is 24.3 Å². The first-order valence-corrected chi connectivity index (χ1v) is 12.5. The average Bonchev–Trinajstić information content (AvgIpc) is 3.58. The van der Waals surface area contributed by atoms with E-state index in [-0.39, 0.29) is 23.5 Å². The molecule has 0 amide bonds. The molecule has 2 saturated carbocycles. The van der Waals surface area contributed by atoms with Crippen molar-refractivity contribution in [2.45, 2.75) is 97.4 Å². The minimum atomic E-state index is -1.24. The molecule has 8 nitrogen and oxygen atoms in total. The molecule has 2 N–H and O–H groups in total.